The first-order chi connectivity index (χ1) is 21.8. The normalized spacial score (nSPS) is 12.1. The average Bonchev–Trinajstić information content (AvgIpc) is 3.42. The fraction of sp³-hybridized carbons (Fsp3) is 0. The van der Waals surface area contributed by atoms with Crippen molar-refractivity contribution in [2.75, 3.05) is 4.90 Å². The number of hydrogen-bond acceptors (Lipinski definition) is 2. The summed E-state index contributed by atoms with van der Waals surface area (Å²) in [4.78, 5) is 2.45. The van der Waals surface area contributed by atoms with Gasteiger partial charge in [0, 0.05) is 26.8 Å². The van der Waals surface area contributed by atoms with E-state index in [9.17, 15) is 0 Å². The van der Waals surface area contributed by atoms with Gasteiger partial charge in [-0.15, -0.1) is 11.3 Å². The molecule has 0 spiro atoms. The smallest absolute Gasteiger partial charge is 0.0640 e. The van der Waals surface area contributed by atoms with E-state index in [0.717, 1.165) is 11.4 Å². The van der Waals surface area contributed by atoms with Gasteiger partial charge in [0.1, 0.15) is 0 Å². The summed E-state index contributed by atoms with van der Waals surface area (Å²) in [5.41, 5.74) is 16.6. The van der Waals surface area contributed by atoms with Crippen molar-refractivity contribution in [2.24, 2.45) is 0 Å². The number of hydrogen-bond donors (Lipinski definition) is 0. The molecule has 1 nitrogen and oxygen atoms in total. The van der Waals surface area contributed by atoms with E-state index < -0.39 is 0 Å². The van der Waals surface area contributed by atoms with Crippen LogP contribution in [0, 0.1) is 0 Å². The second-order valence-electron chi connectivity index (χ2n) is 11.7. The Morgan fingerprint density at radius 1 is 0.364 bits per heavy atom. The van der Waals surface area contributed by atoms with Gasteiger partial charge in [0.15, 0.2) is 0 Å². The van der Waals surface area contributed by atoms with Crippen LogP contribution in [0.2, 0.25) is 0 Å². The monoisotopic (exact) mass is 575 g/mol. The summed E-state index contributed by atoms with van der Waals surface area (Å²) in [6, 6.07) is 56.0. The van der Waals surface area contributed by atoms with E-state index in [1.807, 2.05) is 11.3 Å². The van der Waals surface area contributed by atoms with E-state index >= 15 is 0 Å². The number of nitrogens with zero attached hydrogens (tertiary/aromatic N) is 1. The van der Waals surface area contributed by atoms with E-state index in [-0.39, 0.29) is 0 Å². The zero-order valence-electron chi connectivity index (χ0n) is 23.8. The van der Waals surface area contributed by atoms with Crippen molar-refractivity contribution in [3.8, 4) is 55.6 Å². The van der Waals surface area contributed by atoms with Crippen LogP contribution >= 0.6 is 11.3 Å². The van der Waals surface area contributed by atoms with Crippen LogP contribution in [0.15, 0.2) is 152 Å². The van der Waals surface area contributed by atoms with E-state index in [1.165, 1.54) is 81.5 Å². The molecule has 0 amide bonds. The van der Waals surface area contributed by atoms with Crippen molar-refractivity contribution in [3.05, 3.63) is 152 Å². The summed E-state index contributed by atoms with van der Waals surface area (Å²) in [5.74, 6) is 0. The Kier molecular flexibility index (Phi) is 4.94. The molecule has 204 valence electrons. The van der Waals surface area contributed by atoms with Crippen LogP contribution in [-0.4, -0.2) is 0 Å². The van der Waals surface area contributed by atoms with Crippen molar-refractivity contribution in [3.63, 3.8) is 0 Å². The maximum absolute atomic E-state index is 2.45. The molecule has 2 aliphatic rings. The van der Waals surface area contributed by atoms with Gasteiger partial charge >= 0.3 is 0 Å². The lowest BCUT2D eigenvalue weighted by molar-refractivity contribution is 1.30. The molecular formula is C42H25NS. The molecule has 0 radical (unpaired) electrons. The number of fused-ring (bicyclic) bond motifs is 7. The minimum Gasteiger partial charge on any atom is -0.309 e. The molecule has 8 aromatic rings. The van der Waals surface area contributed by atoms with Crippen molar-refractivity contribution < 1.29 is 0 Å². The topological polar surface area (TPSA) is 3.24 Å². The number of benzene rings is 7. The predicted octanol–water partition coefficient (Wildman–Crippen LogP) is 12.5. The summed E-state index contributed by atoms with van der Waals surface area (Å²) >= 11 is 1.88. The van der Waals surface area contributed by atoms with Gasteiger partial charge in [-0.05, 0) is 92.0 Å². The third-order valence-electron chi connectivity index (χ3n) is 9.37. The highest BCUT2D eigenvalue weighted by Crippen LogP contribution is 2.58. The zero-order valence-corrected chi connectivity index (χ0v) is 24.6. The number of para-hydroxylation sites is 1. The van der Waals surface area contributed by atoms with Gasteiger partial charge in [-0.2, -0.15) is 0 Å². The summed E-state index contributed by atoms with van der Waals surface area (Å²) in [5, 5.41) is 2.62. The minimum absolute atomic E-state index is 1.15. The van der Waals surface area contributed by atoms with Crippen molar-refractivity contribution >= 4 is 48.6 Å². The average molecular weight is 576 g/mol. The van der Waals surface area contributed by atoms with Crippen LogP contribution < -0.4 is 4.90 Å². The maximum atomic E-state index is 2.45. The molecular weight excluding hydrogens is 551 g/mol. The quantitative estimate of drug-likeness (QED) is 0.202. The Hall–Kier alpha value is -5.44. The van der Waals surface area contributed by atoms with Gasteiger partial charge < -0.3 is 4.90 Å². The Morgan fingerprint density at radius 2 is 0.932 bits per heavy atom. The summed E-state index contributed by atoms with van der Waals surface area (Å²) in [6.07, 6.45) is 0. The third kappa shape index (κ3) is 3.23. The number of anilines is 3. The van der Waals surface area contributed by atoms with Crippen LogP contribution in [0.3, 0.4) is 0 Å². The van der Waals surface area contributed by atoms with Gasteiger partial charge in [-0.1, -0.05) is 115 Å². The Morgan fingerprint density at radius 3 is 1.73 bits per heavy atom. The lowest BCUT2D eigenvalue weighted by Crippen LogP contribution is -2.10. The molecule has 1 heterocycles. The maximum Gasteiger partial charge on any atom is 0.0640 e. The van der Waals surface area contributed by atoms with E-state index in [1.54, 1.807) is 0 Å². The molecule has 2 heteroatoms. The Labute approximate surface area is 259 Å². The van der Waals surface area contributed by atoms with Crippen LogP contribution in [0.4, 0.5) is 17.1 Å². The van der Waals surface area contributed by atoms with Crippen molar-refractivity contribution in [2.45, 2.75) is 0 Å². The largest absolute Gasteiger partial charge is 0.309 e. The number of thiophene rings is 1. The highest BCUT2D eigenvalue weighted by molar-refractivity contribution is 7.26. The summed E-state index contributed by atoms with van der Waals surface area (Å²) < 4.78 is 2.62. The molecule has 6 bridgehead atoms. The predicted molar refractivity (Wildman–Crippen MR) is 188 cm³/mol. The first kappa shape index (κ1) is 24.0. The first-order valence-electron chi connectivity index (χ1n) is 15.1. The molecule has 0 N–H and O–H groups in total. The Balaban J connectivity index is 1.29. The zero-order chi connectivity index (χ0) is 28.8. The lowest BCUT2D eigenvalue weighted by Gasteiger charge is -2.28. The number of rotatable bonds is 3. The first-order valence-corrected chi connectivity index (χ1v) is 15.9. The molecule has 0 aliphatic heterocycles. The molecule has 0 fully saturated rings. The van der Waals surface area contributed by atoms with Crippen LogP contribution in [-0.2, 0) is 0 Å². The van der Waals surface area contributed by atoms with Crippen LogP contribution in [0.5, 0.6) is 0 Å². The van der Waals surface area contributed by atoms with Gasteiger partial charge in [0.05, 0.1) is 10.4 Å². The SMILES string of the molecule is c1ccc(N(c2ccc3c(c2)-c2c4cccc2-c2cccc-3c2-c2ccccc2-4)c2cccc3c2sc2ccccc23)cc1. The summed E-state index contributed by atoms with van der Waals surface area (Å²) in [6.45, 7) is 0. The van der Waals surface area contributed by atoms with Gasteiger partial charge in [0.25, 0.3) is 0 Å². The molecule has 1 aromatic heterocycles. The second kappa shape index (κ2) is 9.03. The molecule has 10 rings (SSSR count). The van der Waals surface area contributed by atoms with E-state index in [0.29, 0.717) is 0 Å². The van der Waals surface area contributed by atoms with Crippen molar-refractivity contribution in [1.82, 2.24) is 0 Å². The molecule has 0 atom stereocenters. The van der Waals surface area contributed by atoms with Gasteiger partial charge in [0.2, 0.25) is 0 Å². The standard InChI is InChI=1S/C42H25NS/c1-2-11-26(12-3-1)43(38-21-10-20-36-30-14-6-7-22-39(30)44-42(36)38)27-23-24-29-33-17-9-18-34-35-19-8-16-32(41(35)37(29)25-27)28-13-4-5-15-31(28)40(33)34/h1-25H. The lowest BCUT2D eigenvalue weighted by atomic mass is 9.83. The molecule has 0 saturated heterocycles. The van der Waals surface area contributed by atoms with Gasteiger partial charge in [-0.3, -0.25) is 0 Å². The van der Waals surface area contributed by atoms with E-state index in [2.05, 4.69) is 157 Å². The van der Waals surface area contributed by atoms with Crippen molar-refractivity contribution in [1.29, 1.82) is 0 Å². The van der Waals surface area contributed by atoms with Crippen LogP contribution in [0.25, 0.3) is 75.8 Å². The summed E-state index contributed by atoms with van der Waals surface area (Å²) in [7, 11) is 0. The highest BCUT2D eigenvalue weighted by Gasteiger charge is 2.31. The molecule has 44 heavy (non-hydrogen) atoms. The second-order valence-corrected chi connectivity index (χ2v) is 12.7. The Bertz CT molecular complexity index is 2430. The molecule has 2 aliphatic carbocycles. The molecule has 0 saturated carbocycles. The fourth-order valence-electron chi connectivity index (χ4n) is 7.54. The minimum atomic E-state index is 1.15. The van der Waals surface area contributed by atoms with Gasteiger partial charge in [-0.25, -0.2) is 0 Å². The van der Waals surface area contributed by atoms with E-state index in [4.69, 9.17) is 0 Å². The third-order valence-corrected chi connectivity index (χ3v) is 10.6. The van der Waals surface area contributed by atoms with Crippen LogP contribution in [0.1, 0.15) is 0 Å². The highest BCUT2D eigenvalue weighted by atomic mass is 32.1. The molecule has 0 unspecified atom stereocenters. The molecule has 7 aromatic carbocycles. The fourth-order valence-corrected chi connectivity index (χ4v) is 8.75.